The van der Waals surface area contributed by atoms with Crippen LogP contribution in [0.3, 0.4) is 0 Å². The summed E-state index contributed by atoms with van der Waals surface area (Å²) in [5, 5.41) is 3.02. The van der Waals surface area contributed by atoms with E-state index >= 15 is 0 Å². The number of halogens is 1. The molecule has 4 nitrogen and oxygen atoms in total. The highest BCUT2D eigenvalue weighted by Crippen LogP contribution is 2.35. The maximum Gasteiger partial charge on any atom is 0.186 e. The third-order valence-corrected chi connectivity index (χ3v) is 8.00. The van der Waals surface area contributed by atoms with Crippen LogP contribution in [0.1, 0.15) is 18.1 Å². The van der Waals surface area contributed by atoms with Gasteiger partial charge >= 0.3 is 0 Å². The standard InChI is InChI=1S/C21H21ClN4S2/c1-3-14-5-4-6-16-19(14)24-21(27-16)26-11-9-25(10-12-26)20-23-18-13(2)15(22)7-8-17(18)28-20/h4-8H,3,9-12H2,1-2H3. The van der Waals surface area contributed by atoms with Gasteiger partial charge in [-0.05, 0) is 42.7 Å². The van der Waals surface area contributed by atoms with Crippen molar-refractivity contribution in [3.63, 3.8) is 0 Å². The molecule has 0 unspecified atom stereocenters. The number of hydrogen-bond donors (Lipinski definition) is 0. The maximum atomic E-state index is 6.26. The Bertz CT molecular complexity index is 1160. The van der Waals surface area contributed by atoms with Gasteiger partial charge in [0.1, 0.15) is 0 Å². The van der Waals surface area contributed by atoms with Crippen LogP contribution in [0.5, 0.6) is 0 Å². The Hall–Kier alpha value is -1.89. The molecule has 0 atom stereocenters. The highest BCUT2D eigenvalue weighted by Gasteiger charge is 2.23. The quantitative estimate of drug-likeness (QED) is 0.415. The lowest BCUT2D eigenvalue weighted by molar-refractivity contribution is 0.651. The topological polar surface area (TPSA) is 32.3 Å². The highest BCUT2D eigenvalue weighted by atomic mass is 35.5. The van der Waals surface area contributed by atoms with Crippen molar-refractivity contribution in [2.45, 2.75) is 20.3 Å². The molecule has 0 saturated carbocycles. The molecular weight excluding hydrogens is 408 g/mol. The highest BCUT2D eigenvalue weighted by molar-refractivity contribution is 7.22. The summed E-state index contributed by atoms with van der Waals surface area (Å²) in [6.45, 7) is 8.10. The molecule has 1 fully saturated rings. The molecule has 2 aromatic heterocycles. The number of anilines is 2. The van der Waals surface area contributed by atoms with Crippen LogP contribution >= 0.6 is 34.3 Å². The van der Waals surface area contributed by atoms with Crippen molar-refractivity contribution < 1.29 is 0 Å². The van der Waals surface area contributed by atoms with Crippen LogP contribution in [0.2, 0.25) is 5.02 Å². The lowest BCUT2D eigenvalue weighted by atomic mass is 10.1. The zero-order valence-corrected chi connectivity index (χ0v) is 18.3. The van der Waals surface area contributed by atoms with Gasteiger partial charge in [0.15, 0.2) is 10.3 Å². The summed E-state index contributed by atoms with van der Waals surface area (Å²) in [7, 11) is 0. The predicted octanol–water partition coefficient (Wildman–Crippen LogP) is 5.76. The summed E-state index contributed by atoms with van der Waals surface area (Å²) >= 11 is 9.83. The molecule has 144 valence electrons. The van der Waals surface area contributed by atoms with Crippen molar-refractivity contribution in [1.29, 1.82) is 0 Å². The third kappa shape index (κ3) is 3.04. The summed E-state index contributed by atoms with van der Waals surface area (Å²) < 4.78 is 2.49. The van der Waals surface area contributed by atoms with Gasteiger partial charge in [0.2, 0.25) is 0 Å². The van der Waals surface area contributed by atoms with Crippen LogP contribution in [0.4, 0.5) is 10.3 Å². The Morgan fingerprint density at radius 3 is 2.14 bits per heavy atom. The predicted molar refractivity (Wildman–Crippen MR) is 123 cm³/mol. The summed E-state index contributed by atoms with van der Waals surface area (Å²) in [6, 6.07) is 10.6. The van der Waals surface area contributed by atoms with Crippen molar-refractivity contribution in [2.24, 2.45) is 0 Å². The summed E-state index contributed by atoms with van der Waals surface area (Å²) in [5.41, 5.74) is 4.61. The van der Waals surface area contributed by atoms with Crippen LogP contribution in [0.25, 0.3) is 20.4 Å². The van der Waals surface area contributed by atoms with Crippen molar-refractivity contribution in [3.05, 3.63) is 46.5 Å². The molecule has 0 N–H and O–H groups in total. The Labute approximate surface area is 177 Å². The first-order valence-electron chi connectivity index (χ1n) is 9.58. The van der Waals surface area contributed by atoms with E-state index in [4.69, 9.17) is 21.6 Å². The Balaban J connectivity index is 1.36. The average molecular weight is 429 g/mol. The van der Waals surface area contributed by atoms with E-state index in [2.05, 4.69) is 41.0 Å². The van der Waals surface area contributed by atoms with Gasteiger partial charge in [0.25, 0.3) is 0 Å². The number of fused-ring (bicyclic) bond motifs is 2. The van der Waals surface area contributed by atoms with E-state index in [1.54, 1.807) is 22.7 Å². The molecule has 2 aromatic carbocycles. The van der Waals surface area contributed by atoms with E-state index in [9.17, 15) is 0 Å². The largest absolute Gasteiger partial charge is 0.345 e. The molecule has 28 heavy (non-hydrogen) atoms. The molecule has 0 bridgehead atoms. The third-order valence-electron chi connectivity index (χ3n) is 5.43. The summed E-state index contributed by atoms with van der Waals surface area (Å²) in [5.74, 6) is 0. The average Bonchev–Trinajstić information content (AvgIpc) is 3.35. The SMILES string of the molecule is CCc1cccc2sc(N3CCN(c4nc5c(C)c(Cl)ccc5s4)CC3)nc12. The van der Waals surface area contributed by atoms with E-state index in [1.807, 2.05) is 13.0 Å². The first kappa shape index (κ1) is 18.2. The molecule has 0 radical (unpaired) electrons. The molecule has 1 saturated heterocycles. The molecule has 7 heteroatoms. The van der Waals surface area contributed by atoms with Crippen LogP contribution in [-0.2, 0) is 6.42 Å². The first-order chi connectivity index (χ1) is 13.6. The first-order valence-corrected chi connectivity index (χ1v) is 11.6. The van der Waals surface area contributed by atoms with Crippen LogP contribution in [0, 0.1) is 6.92 Å². The number of aromatic nitrogens is 2. The molecule has 0 spiro atoms. The molecule has 0 amide bonds. The fraction of sp³-hybridized carbons (Fsp3) is 0.333. The number of rotatable bonds is 3. The fourth-order valence-corrected chi connectivity index (χ4v) is 6.02. The van der Waals surface area contributed by atoms with Gasteiger partial charge in [-0.25, -0.2) is 9.97 Å². The zero-order chi connectivity index (χ0) is 19.3. The van der Waals surface area contributed by atoms with Gasteiger partial charge in [-0.2, -0.15) is 0 Å². The van der Waals surface area contributed by atoms with Gasteiger partial charge in [-0.3, -0.25) is 0 Å². The number of nitrogens with zero attached hydrogens (tertiary/aromatic N) is 4. The van der Waals surface area contributed by atoms with Gasteiger partial charge in [0, 0.05) is 31.2 Å². The Kier molecular flexibility index (Phi) is 4.65. The van der Waals surface area contributed by atoms with Crippen molar-refractivity contribution in [2.75, 3.05) is 36.0 Å². The molecule has 1 aliphatic rings. The Morgan fingerprint density at radius 2 is 1.50 bits per heavy atom. The second-order valence-corrected chi connectivity index (χ2v) is 9.53. The van der Waals surface area contributed by atoms with E-state index in [1.165, 1.54) is 20.5 Å². The van der Waals surface area contributed by atoms with Gasteiger partial charge < -0.3 is 9.80 Å². The van der Waals surface area contributed by atoms with E-state index < -0.39 is 0 Å². The Morgan fingerprint density at radius 1 is 0.893 bits per heavy atom. The number of para-hydroxylation sites is 1. The number of piperazine rings is 1. The minimum Gasteiger partial charge on any atom is -0.345 e. The number of benzene rings is 2. The maximum absolute atomic E-state index is 6.26. The minimum atomic E-state index is 0.788. The van der Waals surface area contributed by atoms with Gasteiger partial charge in [-0.15, -0.1) is 0 Å². The van der Waals surface area contributed by atoms with E-state index in [0.29, 0.717) is 0 Å². The number of aryl methyl sites for hydroxylation is 2. The zero-order valence-electron chi connectivity index (χ0n) is 15.9. The molecule has 1 aliphatic heterocycles. The van der Waals surface area contributed by atoms with Crippen LogP contribution in [-0.4, -0.2) is 36.1 Å². The summed E-state index contributed by atoms with van der Waals surface area (Å²) in [4.78, 5) is 14.6. The van der Waals surface area contributed by atoms with Crippen molar-refractivity contribution >= 4 is 65.0 Å². The van der Waals surface area contributed by atoms with E-state index in [0.717, 1.165) is 59.0 Å². The molecule has 5 rings (SSSR count). The molecular formula is C21H21ClN4S2. The van der Waals surface area contributed by atoms with Crippen LogP contribution in [0.15, 0.2) is 30.3 Å². The van der Waals surface area contributed by atoms with Crippen LogP contribution < -0.4 is 9.80 Å². The minimum absolute atomic E-state index is 0.788. The fourth-order valence-electron chi connectivity index (χ4n) is 3.73. The van der Waals surface area contributed by atoms with Crippen molar-refractivity contribution in [1.82, 2.24) is 9.97 Å². The molecule has 4 aromatic rings. The van der Waals surface area contributed by atoms with Gasteiger partial charge in [-0.1, -0.05) is 53.3 Å². The lowest BCUT2D eigenvalue weighted by Crippen LogP contribution is -2.46. The number of thiazole rings is 2. The van der Waals surface area contributed by atoms with Gasteiger partial charge in [0.05, 0.1) is 20.4 Å². The lowest BCUT2D eigenvalue weighted by Gasteiger charge is -2.34. The van der Waals surface area contributed by atoms with Crippen molar-refractivity contribution in [3.8, 4) is 0 Å². The summed E-state index contributed by atoms with van der Waals surface area (Å²) in [6.07, 6.45) is 1.02. The second-order valence-electron chi connectivity index (χ2n) is 7.10. The number of hydrogen-bond acceptors (Lipinski definition) is 6. The van der Waals surface area contributed by atoms with E-state index in [-0.39, 0.29) is 0 Å². The monoisotopic (exact) mass is 428 g/mol. The smallest absolute Gasteiger partial charge is 0.186 e. The molecule has 0 aliphatic carbocycles. The second kappa shape index (κ2) is 7.17. The molecule has 3 heterocycles. The normalized spacial score (nSPS) is 15.1.